The lowest BCUT2D eigenvalue weighted by Crippen LogP contribution is -2.33. The summed E-state index contributed by atoms with van der Waals surface area (Å²) in [6.07, 6.45) is 2.83. The SMILES string of the molecule is CCC(c1ccccn1)N(C)C(=O)CCn1c(C)cccc1=O. The molecule has 1 amide bonds. The van der Waals surface area contributed by atoms with Crippen LogP contribution in [0, 0.1) is 6.92 Å². The maximum atomic E-state index is 12.5. The molecule has 0 aliphatic heterocycles. The van der Waals surface area contributed by atoms with E-state index in [9.17, 15) is 9.59 Å². The molecule has 0 saturated heterocycles. The van der Waals surface area contributed by atoms with Crippen LogP contribution in [0.4, 0.5) is 0 Å². The quantitative estimate of drug-likeness (QED) is 0.823. The highest BCUT2D eigenvalue weighted by molar-refractivity contribution is 5.76. The Kier molecular flexibility index (Phi) is 5.68. The van der Waals surface area contributed by atoms with Gasteiger partial charge in [-0.2, -0.15) is 0 Å². The van der Waals surface area contributed by atoms with Crippen LogP contribution in [0.3, 0.4) is 0 Å². The smallest absolute Gasteiger partial charge is 0.250 e. The molecule has 0 fully saturated rings. The van der Waals surface area contributed by atoms with Crippen molar-refractivity contribution in [2.45, 2.75) is 39.3 Å². The zero-order valence-corrected chi connectivity index (χ0v) is 13.9. The van der Waals surface area contributed by atoms with Gasteiger partial charge < -0.3 is 9.47 Å². The maximum absolute atomic E-state index is 12.5. The predicted molar refractivity (Wildman–Crippen MR) is 90.1 cm³/mol. The fourth-order valence-electron chi connectivity index (χ4n) is 2.72. The molecule has 0 aliphatic rings. The van der Waals surface area contributed by atoms with Crippen LogP contribution < -0.4 is 5.56 Å². The first-order valence-corrected chi connectivity index (χ1v) is 7.87. The highest BCUT2D eigenvalue weighted by Crippen LogP contribution is 2.21. The number of carbonyl (C=O) groups is 1. The Morgan fingerprint density at radius 3 is 2.65 bits per heavy atom. The molecule has 0 aromatic carbocycles. The van der Waals surface area contributed by atoms with Crippen molar-refractivity contribution >= 4 is 5.91 Å². The molecule has 23 heavy (non-hydrogen) atoms. The summed E-state index contributed by atoms with van der Waals surface area (Å²) in [6, 6.07) is 10.8. The first-order valence-electron chi connectivity index (χ1n) is 7.87. The molecule has 122 valence electrons. The van der Waals surface area contributed by atoms with Crippen LogP contribution in [0.2, 0.25) is 0 Å². The summed E-state index contributed by atoms with van der Waals surface area (Å²) in [5, 5.41) is 0. The molecule has 2 aromatic rings. The van der Waals surface area contributed by atoms with Crippen LogP contribution >= 0.6 is 0 Å². The van der Waals surface area contributed by atoms with Gasteiger partial charge in [-0.15, -0.1) is 0 Å². The molecule has 2 rings (SSSR count). The molecule has 0 aliphatic carbocycles. The standard InChI is InChI=1S/C18H23N3O2/c1-4-16(15-9-5-6-12-19-15)20(3)17(22)11-13-21-14(2)8-7-10-18(21)23/h5-10,12,16H,4,11,13H2,1-3H3. The van der Waals surface area contributed by atoms with Gasteiger partial charge in [-0.1, -0.05) is 19.1 Å². The molecule has 2 heterocycles. The largest absolute Gasteiger partial charge is 0.337 e. The minimum atomic E-state index is -0.0720. The van der Waals surface area contributed by atoms with Crippen molar-refractivity contribution in [3.05, 3.63) is 64.3 Å². The van der Waals surface area contributed by atoms with Crippen molar-refractivity contribution in [1.29, 1.82) is 0 Å². The van der Waals surface area contributed by atoms with Gasteiger partial charge in [0.2, 0.25) is 5.91 Å². The second-order valence-corrected chi connectivity index (χ2v) is 5.59. The molecule has 0 spiro atoms. The molecule has 0 saturated carbocycles. The van der Waals surface area contributed by atoms with Gasteiger partial charge in [0.1, 0.15) is 0 Å². The Morgan fingerprint density at radius 2 is 2.04 bits per heavy atom. The van der Waals surface area contributed by atoms with E-state index in [1.807, 2.05) is 38.1 Å². The zero-order valence-electron chi connectivity index (χ0n) is 13.9. The number of aryl methyl sites for hydroxylation is 1. The lowest BCUT2D eigenvalue weighted by atomic mass is 10.1. The highest BCUT2D eigenvalue weighted by Gasteiger charge is 2.20. The van der Waals surface area contributed by atoms with Crippen molar-refractivity contribution in [2.24, 2.45) is 0 Å². The summed E-state index contributed by atoms with van der Waals surface area (Å²) in [5.41, 5.74) is 1.68. The predicted octanol–water partition coefficient (Wildman–Crippen LogP) is 2.55. The summed E-state index contributed by atoms with van der Waals surface area (Å²) in [4.78, 5) is 30.4. The Hall–Kier alpha value is -2.43. The normalized spacial score (nSPS) is 12.0. The summed E-state index contributed by atoms with van der Waals surface area (Å²) in [5.74, 6) is 0.0117. The maximum Gasteiger partial charge on any atom is 0.250 e. The van der Waals surface area contributed by atoms with Gasteiger partial charge in [-0.3, -0.25) is 14.6 Å². The number of rotatable bonds is 6. The van der Waals surface area contributed by atoms with Gasteiger partial charge in [0.05, 0.1) is 11.7 Å². The van der Waals surface area contributed by atoms with Crippen molar-refractivity contribution in [3.8, 4) is 0 Å². The summed E-state index contributed by atoms with van der Waals surface area (Å²) in [6.45, 7) is 4.31. The topological polar surface area (TPSA) is 55.2 Å². The van der Waals surface area contributed by atoms with E-state index < -0.39 is 0 Å². The van der Waals surface area contributed by atoms with Gasteiger partial charge in [-0.25, -0.2) is 0 Å². The van der Waals surface area contributed by atoms with Gasteiger partial charge in [0.15, 0.2) is 0 Å². The molecule has 5 heteroatoms. The van der Waals surface area contributed by atoms with Crippen molar-refractivity contribution in [2.75, 3.05) is 7.05 Å². The Morgan fingerprint density at radius 1 is 1.26 bits per heavy atom. The van der Waals surface area contributed by atoms with Crippen molar-refractivity contribution in [1.82, 2.24) is 14.5 Å². The van der Waals surface area contributed by atoms with Gasteiger partial charge in [0, 0.05) is 38.0 Å². The minimum Gasteiger partial charge on any atom is -0.337 e. The number of carbonyl (C=O) groups excluding carboxylic acids is 1. The van der Waals surface area contributed by atoms with Gasteiger partial charge in [-0.05, 0) is 31.5 Å². The number of hydrogen-bond acceptors (Lipinski definition) is 3. The first kappa shape index (κ1) is 16.9. The Labute approximate surface area is 136 Å². The van der Waals surface area contributed by atoms with E-state index in [1.165, 1.54) is 6.07 Å². The average Bonchev–Trinajstić information content (AvgIpc) is 2.55. The van der Waals surface area contributed by atoms with E-state index in [-0.39, 0.29) is 17.5 Å². The van der Waals surface area contributed by atoms with E-state index in [4.69, 9.17) is 0 Å². The third-order valence-corrected chi connectivity index (χ3v) is 4.09. The molecule has 0 N–H and O–H groups in total. The third-order valence-electron chi connectivity index (χ3n) is 4.09. The number of hydrogen-bond donors (Lipinski definition) is 0. The van der Waals surface area contributed by atoms with Crippen LogP contribution in [0.15, 0.2) is 47.4 Å². The van der Waals surface area contributed by atoms with E-state index in [1.54, 1.807) is 28.8 Å². The molecule has 5 nitrogen and oxygen atoms in total. The van der Waals surface area contributed by atoms with E-state index in [0.717, 1.165) is 17.8 Å². The van der Waals surface area contributed by atoms with Crippen LogP contribution in [0.1, 0.15) is 37.2 Å². The third kappa shape index (κ3) is 4.06. The lowest BCUT2D eigenvalue weighted by Gasteiger charge is -2.27. The second kappa shape index (κ2) is 7.72. The zero-order chi connectivity index (χ0) is 16.8. The second-order valence-electron chi connectivity index (χ2n) is 5.59. The Bertz CT molecular complexity index is 710. The van der Waals surface area contributed by atoms with Crippen LogP contribution in [-0.4, -0.2) is 27.4 Å². The molecule has 0 radical (unpaired) electrons. The monoisotopic (exact) mass is 313 g/mol. The summed E-state index contributed by atoms with van der Waals surface area (Å²) < 4.78 is 1.63. The minimum absolute atomic E-state index is 0.0117. The molecular formula is C18H23N3O2. The van der Waals surface area contributed by atoms with Gasteiger partial charge >= 0.3 is 0 Å². The molecule has 1 unspecified atom stereocenters. The number of aromatic nitrogens is 2. The number of pyridine rings is 2. The fourth-order valence-corrected chi connectivity index (χ4v) is 2.72. The summed E-state index contributed by atoms with van der Waals surface area (Å²) >= 11 is 0. The van der Waals surface area contributed by atoms with Crippen LogP contribution in [-0.2, 0) is 11.3 Å². The fraction of sp³-hybridized carbons (Fsp3) is 0.389. The van der Waals surface area contributed by atoms with E-state index in [2.05, 4.69) is 4.98 Å². The van der Waals surface area contributed by atoms with Crippen LogP contribution in [0.5, 0.6) is 0 Å². The van der Waals surface area contributed by atoms with E-state index >= 15 is 0 Å². The average molecular weight is 313 g/mol. The van der Waals surface area contributed by atoms with Gasteiger partial charge in [0.25, 0.3) is 5.56 Å². The van der Waals surface area contributed by atoms with Crippen molar-refractivity contribution < 1.29 is 4.79 Å². The van der Waals surface area contributed by atoms with Crippen LogP contribution in [0.25, 0.3) is 0 Å². The molecule has 1 atom stereocenters. The lowest BCUT2D eigenvalue weighted by molar-refractivity contribution is -0.132. The molecule has 2 aromatic heterocycles. The first-order chi connectivity index (χ1) is 11.0. The summed E-state index contributed by atoms with van der Waals surface area (Å²) in [7, 11) is 1.80. The van der Waals surface area contributed by atoms with E-state index in [0.29, 0.717) is 13.0 Å². The molecular weight excluding hydrogens is 290 g/mol. The number of nitrogens with zero attached hydrogens (tertiary/aromatic N) is 3. The number of amides is 1. The van der Waals surface area contributed by atoms with Crippen molar-refractivity contribution in [3.63, 3.8) is 0 Å². The Balaban J connectivity index is 2.06. The highest BCUT2D eigenvalue weighted by atomic mass is 16.2. The molecule has 0 bridgehead atoms.